The molecule has 0 aliphatic carbocycles. The summed E-state index contributed by atoms with van der Waals surface area (Å²) < 4.78 is 242. The van der Waals surface area contributed by atoms with Crippen molar-refractivity contribution in [3.63, 3.8) is 0 Å². The molecular formula is C21H5F17N2O2. The lowest BCUT2D eigenvalue weighted by molar-refractivity contribution is -0.143. The largest absolute Gasteiger partial charge is 0.453 e. The molecule has 42 heavy (non-hydrogen) atoms. The summed E-state index contributed by atoms with van der Waals surface area (Å²) in [5, 5.41) is 0. The van der Waals surface area contributed by atoms with Crippen LogP contribution in [0.15, 0.2) is 6.07 Å². The van der Waals surface area contributed by atoms with Crippen LogP contribution in [-0.4, -0.2) is 0 Å². The summed E-state index contributed by atoms with van der Waals surface area (Å²) in [6.07, 6.45) is -18.5. The number of anilines is 2. The molecule has 0 aromatic heterocycles. The fourth-order valence-electron chi connectivity index (χ4n) is 3.23. The highest BCUT2D eigenvalue weighted by atomic mass is 19.4. The molecule has 0 radical (unpaired) electrons. The number of rotatable bonds is 4. The molecule has 0 bridgehead atoms. The summed E-state index contributed by atoms with van der Waals surface area (Å²) in [5.74, 6) is -33.4. The lowest BCUT2D eigenvalue weighted by Crippen LogP contribution is -2.18. The zero-order chi connectivity index (χ0) is 32.4. The van der Waals surface area contributed by atoms with E-state index in [1.165, 1.54) is 0 Å². The quantitative estimate of drug-likeness (QED) is 0.170. The van der Waals surface area contributed by atoms with Crippen molar-refractivity contribution in [2.45, 2.75) is 18.5 Å². The van der Waals surface area contributed by atoms with E-state index >= 15 is 0 Å². The molecule has 3 rings (SSSR count). The zero-order valence-corrected chi connectivity index (χ0v) is 19.0. The summed E-state index contributed by atoms with van der Waals surface area (Å²) in [6, 6.07) is -0.755. The van der Waals surface area contributed by atoms with Gasteiger partial charge in [-0.25, -0.2) is 30.7 Å². The molecule has 0 fully saturated rings. The maximum atomic E-state index is 14.5. The van der Waals surface area contributed by atoms with Crippen LogP contribution in [0.1, 0.15) is 16.7 Å². The first-order valence-electron chi connectivity index (χ1n) is 9.93. The SMILES string of the molecule is Nc1c(F)c(F)c(C(F)(F)F)c(Oc2cc(Oc3c(F)c(N)c(F)c(F)c3C(F)(F)F)c(C(F)(F)F)c(F)c2F)c1F. The number of nitrogens with two attached hydrogens (primary N) is 2. The fourth-order valence-corrected chi connectivity index (χ4v) is 3.23. The van der Waals surface area contributed by atoms with E-state index in [9.17, 15) is 74.6 Å². The Morgan fingerprint density at radius 2 is 0.714 bits per heavy atom. The van der Waals surface area contributed by atoms with Gasteiger partial charge in [0.15, 0.2) is 58.0 Å². The Kier molecular flexibility index (Phi) is 7.81. The van der Waals surface area contributed by atoms with Crippen LogP contribution >= 0.6 is 0 Å². The summed E-state index contributed by atoms with van der Waals surface area (Å²) in [5.41, 5.74) is -3.98. The van der Waals surface area contributed by atoms with Crippen LogP contribution in [0.3, 0.4) is 0 Å². The Labute approximate surface area is 218 Å². The van der Waals surface area contributed by atoms with Gasteiger partial charge in [0.25, 0.3) is 0 Å². The van der Waals surface area contributed by atoms with Crippen LogP contribution in [0.4, 0.5) is 86.0 Å². The molecule has 0 heterocycles. The molecular weight excluding hydrogens is 635 g/mol. The molecule has 0 amide bonds. The second-order valence-corrected chi connectivity index (χ2v) is 7.69. The van der Waals surface area contributed by atoms with Crippen molar-refractivity contribution in [2.75, 3.05) is 11.5 Å². The number of hydrogen-bond donors (Lipinski definition) is 2. The third-order valence-electron chi connectivity index (χ3n) is 5.03. The Morgan fingerprint density at radius 1 is 0.405 bits per heavy atom. The van der Waals surface area contributed by atoms with E-state index in [1.54, 1.807) is 0 Å². The third-order valence-corrected chi connectivity index (χ3v) is 5.03. The van der Waals surface area contributed by atoms with Crippen molar-refractivity contribution in [3.05, 3.63) is 69.3 Å². The first-order chi connectivity index (χ1) is 18.9. The highest BCUT2D eigenvalue weighted by Gasteiger charge is 2.47. The highest BCUT2D eigenvalue weighted by molar-refractivity contribution is 5.58. The first kappa shape index (κ1) is 32.2. The fraction of sp³-hybridized carbons (Fsp3) is 0.143. The molecule has 0 spiro atoms. The van der Waals surface area contributed by atoms with Gasteiger partial charge in [0.2, 0.25) is 5.82 Å². The normalized spacial score (nSPS) is 12.6. The molecule has 21 heteroatoms. The summed E-state index contributed by atoms with van der Waals surface area (Å²) in [4.78, 5) is 0. The predicted molar refractivity (Wildman–Crippen MR) is 103 cm³/mol. The Hall–Kier alpha value is -4.33. The average molecular weight is 640 g/mol. The van der Waals surface area contributed by atoms with Gasteiger partial charge in [-0.2, -0.15) is 43.9 Å². The number of benzene rings is 3. The van der Waals surface area contributed by atoms with Crippen LogP contribution in [-0.2, 0) is 18.5 Å². The topological polar surface area (TPSA) is 70.5 Å². The van der Waals surface area contributed by atoms with Gasteiger partial charge in [-0.3, -0.25) is 0 Å². The van der Waals surface area contributed by atoms with Crippen molar-refractivity contribution in [2.24, 2.45) is 0 Å². The van der Waals surface area contributed by atoms with Crippen LogP contribution in [0.2, 0.25) is 0 Å². The second-order valence-electron chi connectivity index (χ2n) is 7.69. The maximum absolute atomic E-state index is 14.5. The van der Waals surface area contributed by atoms with Crippen LogP contribution in [0.5, 0.6) is 23.0 Å². The van der Waals surface area contributed by atoms with Crippen molar-refractivity contribution in [3.8, 4) is 23.0 Å². The Bertz CT molecular complexity index is 1590. The van der Waals surface area contributed by atoms with Crippen LogP contribution < -0.4 is 20.9 Å². The van der Waals surface area contributed by atoms with Gasteiger partial charge in [0, 0.05) is 6.07 Å². The summed E-state index contributed by atoms with van der Waals surface area (Å²) in [6.45, 7) is 0. The minimum atomic E-state index is -6.22. The average Bonchev–Trinajstić information content (AvgIpc) is 2.83. The Morgan fingerprint density at radius 3 is 1.05 bits per heavy atom. The molecule has 3 aromatic rings. The molecule has 0 atom stereocenters. The van der Waals surface area contributed by atoms with Gasteiger partial charge in [-0.1, -0.05) is 0 Å². The van der Waals surface area contributed by atoms with Gasteiger partial charge in [-0.05, 0) is 0 Å². The van der Waals surface area contributed by atoms with Crippen LogP contribution in [0.25, 0.3) is 0 Å². The molecule has 4 N–H and O–H groups in total. The number of alkyl halides is 9. The number of nitrogen functional groups attached to an aromatic ring is 2. The summed E-state index contributed by atoms with van der Waals surface area (Å²) in [7, 11) is 0. The van der Waals surface area contributed by atoms with Gasteiger partial charge in [-0.15, -0.1) is 0 Å². The van der Waals surface area contributed by atoms with E-state index in [-0.39, 0.29) is 0 Å². The third kappa shape index (κ3) is 5.33. The molecule has 230 valence electrons. The van der Waals surface area contributed by atoms with E-state index in [0.29, 0.717) is 0 Å². The Balaban J connectivity index is 2.41. The van der Waals surface area contributed by atoms with Crippen molar-refractivity contribution >= 4 is 11.4 Å². The minimum Gasteiger partial charge on any atom is -0.453 e. The van der Waals surface area contributed by atoms with Crippen molar-refractivity contribution in [1.29, 1.82) is 0 Å². The lowest BCUT2D eigenvalue weighted by Gasteiger charge is -2.21. The lowest BCUT2D eigenvalue weighted by atomic mass is 10.1. The standard InChI is InChI=1S/C21H5F17N2O2/c22-7-3(42-18-6(21(36,37)38)10(25)12(27)16(40)14(18)29)1-2(4(8(7)23)19(30,31)32)41-17-5(20(33,34)35)9(24)11(26)15(39)13(17)28/h1H,39-40H2. The molecule has 0 aliphatic rings. The van der Waals surface area contributed by atoms with Gasteiger partial charge < -0.3 is 20.9 Å². The number of ether oxygens (including phenoxy) is 2. The van der Waals surface area contributed by atoms with E-state index < -0.39 is 122 Å². The minimum absolute atomic E-state index is 0.755. The molecule has 0 saturated heterocycles. The smallest absolute Gasteiger partial charge is 0.423 e. The van der Waals surface area contributed by atoms with Crippen LogP contribution in [0, 0.1) is 46.5 Å². The summed E-state index contributed by atoms with van der Waals surface area (Å²) >= 11 is 0. The number of halogens is 17. The van der Waals surface area contributed by atoms with Gasteiger partial charge in [0.1, 0.15) is 33.8 Å². The van der Waals surface area contributed by atoms with Gasteiger partial charge >= 0.3 is 18.5 Å². The maximum Gasteiger partial charge on any atom is 0.423 e. The van der Waals surface area contributed by atoms with Crippen molar-refractivity contribution in [1.82, 2.24) is 0 Å². The molecule has 0 aliphatic heterocycles. The zero-order valence-electron chi connectivity index (χ0n) is 19.0. The number of hydrogen-bond acceptors (Lipinski definition) is 4. The highest BCUT2D eigenvalue weighted by Crippen LogP contribution is 2.50. The first-order valence-corrected chi connectivity index (χ1v) is 9.93. The molecule has 3 aromatic carbocycles. The van der Waals surface area contributed by atoms with E-state index in [2.05, 4.69) is 9.47 Å². The monoisotopic (exact) mass is 640 g/mol. The van der Waals surface area contributed by atoms with E-state index in [4.69, 9.17) is 11.5 Å². The van der Waals surface area contributed by atoms with Gasteiger partial charge in [0.05, 0.1) is 0 Å². The van der Waals surface area contributed by atoms with E-state index in [1.807, 2.05) is 0 Å². The van der Waals surface area contributed by atoms with Crippen molar-refractivity contribution < 1.29 is 84.1 Å². The molecule has 4 nitrogen and oxygen atoms in total. The van der Waals surface area contributed by atoms with E-state index in [0.717, 1.165) is 0 Å². The predicted octanol–water partition coefficient (Wildman–Crippen LogP) is 8.60. The molecule has 0 unspecified atom stereocenters. The molecule has 0 saturated carbocycles. The second kappa shape index (κ2) is 10.2.